The number of rotatable bonds is 8. The van der Waals surface area contributed by atoms with E-state index in [0.717, 1.165) is 47.1 Å². The van der Waals surface area contributed by atoms with E-state index >= 15 is 0 Å². The quantitative estimate of drug-likeness (QED) is 0.325. The molecule has 0 fully saturated rings. The number of hydrogen-bond acceptors (Lipinski definition) is 4. The highest BCUT2D eigenvalue weighted by molar-refractivity contribution is 6.30. The minimum absolute atomic E-state index is 0.230. The lowest BCUT2D eigenvalue weighted by Gasteiger charge is -2.16. The summed E-state index contributed by atoms with van der Waals surface area (Å²) in [5.74, 6) is -0.373. The van der Waals surface area contributed by atoms with Crippen molar-refractivity contribution in [3.8, 4) is 5.75 Å². The summed E-state index contributed by atoms with van der Waals surface area (Å²) >= 11 is 6.37. The number of halogens is 2. The van der Waals surface area contributed by atoms with Gasteiger partial charge >= 0.3 is 5.97 Å². The van der Waals surface area contributed by atoms with Crippen molar-refractivity contribution in [2.45, 2.75) is 39.7 Å². The second-order valence-electron chi connectivity index (χ2n) is 8.53. The van der Waals surface area contributed by atoms with Gasteiger partial charge in [0, 0.05) is 17.5 Å². The highest BCUT2D eigenvalue weighted by Gasteiger charge is 2.23. The van der Waals surface area contributed by atoms with Crippen molar-refractivity contribution in [1.82, 2.24) is 0 Å². The van der Waals surface area contributed by atoms with Crippen LogP contribution in [0.25, 0.3) is 11.1 Å². The normalized spacial score (nSPS) is 13.0. The summed E-state index contributed by atoms with van der Waals surface area (Å²) in [5.41, 5.74) is 5.52. The van der Waals surface area contributed by atoms with E-state index in [1.54, 1.807) is 37.3 Å². The summed E-state index contributed by atoms with van der Waals surface area (Å²) in [4.78, 5) is 24.3. The molecule has 0 atom stereocenters. The number of carbonyl (C=O) groups excluding carboxylic acids is 2. The second-order valence-corrected chi connectivity index (χ2v) is 8.96. The second kappa shape index (κ2) is 11.4. The van der Waals surface area contributed by atoms with Gasteiger partial charge < -0.3 is 14.8 Å². The summed E-state index contributed by atoms with van der Waals surface area (Å²) in [6, 6.07) is 17.1. The topological polar surface area (TPSA) is 64.6 Å². The van der Waals surface area contributed by atoms with Gasteiger partial charge in [0.05, 0.1) is 17.9 Å². The molecule has 0 heterocycles. The number of amides is 1. The third-order valence-corrected chi connectivity index (χ3v) is 6.20. The molecule has 3 aromatic carbocycles. The van der Waals surface area contributed by atoms with Crippen molar-refractivity contribution in [2.24, 2.45) is 0 Å². The van der Waals surface area contributed by atoms with Crippen LogP contribution >= 0.6 is 11.6 Å². The maximum absolute atomic E-state index is 13.3. The first-order valence-electron chi connectivity index (χ1n) is 11.8. The Balaban J connectivity index is 1.72. The number of nitrogens with one attached hydrogen (secondary N) is 1. The molecule has 0 saturated heterocycles. The molecule has 1 amide bonds. The van der Waals surface area contributed by atoms with Gasteiger partial charge in [0.1, 0.15) is 18.2 Å². The third-order valence-electron chi connectivity index (χ3n) is 5.97. The molecule has 1 aliphatic carbocycles. The molecule has 0 saturated carbocycles. The van der Waals surface area contributed by atoms with Crippen LogP contribution in [0.4, 0.5) is 10.1 Å². The van der Waals surface area contributed by atoms with Crippen LogP contribution in [0.3, 0.4) is 0 Å². The predicted molar refractivity (Wildman–Crippen MR) is 140 cm³/mol. The summed E-state index contributed by atoms with van der Waals surface area (Å²) in [6.07, 6.45) is 2.59. The van der Waals surface area contributed by atoms with E-state index in [1.807, 2.05) is 18.2 Å². The van der Waals surface area contributed by atoms with Crippen molar-refractivity contribution < 1.29 is 23.5 Å². The average Bonchev–Trinajstić information content (AvgIpc) is 3.34. The summed E-state index contributed by atoms with van der Waals surface area (Å²) < 4.78 is 24.6. The first-order valence-corrected chi connectivity index (χ1v) is 12.2. The van der Waals surface area contributed by atoms with Gasteiger partial charge in [-0.05, 0) is 90.9 Å². The predicted octanol–water partition coefficient (Wildman–Crippen LogP) is 7.29. The third kappa shape index (κ3) is 5.94. The molecule has 0 spiro atoms. The summed E-state index contributed by atoms with van der Waals surface area (Å²) in [6.45, 7) is 3.65. The molecule has 4 rings (SSSR count). The Morgan fingerprint density at radius 1 is 1.00 bits per heavy atom. The zero-order valence-electron chi connectivity index (χ0n) is 20.2. The van der Waals surface area contributed by atoms with Crippen LogP contribution in [0, 0.1) is 5.82 Å². The Morgan fingerprint density at radius 2 is 1.75 bits per heavy atom. The van der Waals surface area contributed by atoms with Gasteiger partial charge in [0.15, 0.2) is 0 Å². The van der Waals surface area contributed by atoms with Crippen molar-refractivity contribution in [3.63, 3.8) is 0 Å². The lowest BCUT2D eigenvalue weighted by Crippen LogP contribution is -2.13. The monoisotopic (exact) mass is 507 g/mol. The SMILES string of the molecule is CCOC(=O)c1cc(C2=C(c3cc(Cl)ccc3OCc3ccc(F)cc3)CCC2)ccc1NC(C)=O. The molecular formula is C29H27ClFNO4. The molecule has 0 radical (unpaired) electrons. The maximum Gasteiger partial charge on any atom is 0.340 e. The molecule has 36 heavy (non-hydrogen) atoms. The van der Waals surface area contributed by atoms with Gasteiger partial charge in [0.25, 0.3) is 0 Å². The van der Waals surface area contributed by atoms with Crippen LogP contribution in [0.5, 0.6) is 5.75 Å². The van der Waals surface area contributed by atoms with Crippen LogP contribution in [0.1, 0.15) is 60.2 Å². The molecule has 0 unspecified atom stereocenters. The molecule has 0 aliphatic heterocycles. The van der Waals surface area contributed by atoms with Crippen molar-refractivity contribution >= 4 is 40.3 Å². The number of benzene rings is 3. The van der Waals surface area contributed by atoms with E-state index in [0.29, 0.717) is 22.0 Å². The first-order chi connectivity index (χ1) is 17.4. The number of carbonyl (C=O) groups is 2. The van der Waals surface area contributed by atoms with Crippen LogP contribution in [-0.2, 0) is 16.1 Å². The molecule has 0 aromatic heterocycles. The molecular weight excluding hydrogens is 481 g/mol. The van der Waals surface area contributed by atoms with Gasteiger partial charge in [0.2, 0.25) is 5.91 Å². The smallest absolute Gasteiger partial charge is 0.340 e. The molecule has 5 nitrogen and oxygen atoms in total. The van der Waals surface area contributed by atoms with E-state index in [-0.39, 0.29) is 24.9 Å². The maximum atomic E-state index is 13.3. The number of allylic oxidation sites excluding steroid dienone is 2. The molecule has 1 aliphatic rings. The largest absolute Gasteiger partial charge is 0.488 e. The average molecular weight is 508 g/mol. The Morgan fingerprint density at radius 3 is 2.47 bits per heavy atom. The van der Waals surface area contributed by atoms with Crippen LogP contribution in [-0.4, -0.2) is 18.5 Å². The molecule has 3 aromatic rings. The number of esters is 1. The van der Waals surface area contributed by atoms with E-state index in [9.17, 15) is 14.0 Å². The van der Waals surface area contributed by atoms with Crippen LogP contribution in [0.2, 0.25) is 5.02 Å². The Kier molecular flexibility index (Phi) is 8.06. The van der Waals surface area contributed by atoms with Gasteiger partial charge in [-0.15, -0.1) is 0 Å². The van der Waals surface area contributed by atoms with E-state index in [2.05, 4.69) is 5.32 Å². The summed E-state index contributed by atoms with van der Waals surface area (Å²) in [7, 11) is 0. The van der Waals surface area contributed by atoms with Gasteiger partial charge in [-0.25, -0.2) is 9.18 Å². The minimum atomic E-state index is -0.491. The zero-order valence-corrected chi connectivity index (χ0v) is 21.0. The molecule has 186 valence electrons. The fourth-order valence-corrected chi connectivity index (χ4v) is 4.55. The lowest BCUT2D eigenvalue weighted by molar-refractivity contribution is -0.114. The van der Waals surface area contributed by atoms with Crippen molar-refractivity contribution in [3.05, 3.63) is 93.8 Å². The molecule has 0 bridgehead atoms. The van der Waals surface area contributed by atoms with E-state index in [4.69, 9.17) is 21.1 Å². The zero-order chi connectivity index (χ0) is 25.7. The number of ether oxygens (including phenoxy) is 2. The van der Waals surface area contributed by atoms with E-state index < -0.39 is 5.97 Å². The minimum Gasteiger partial charge on any atom is -0.488 e. The fraction of sp³-hybridized carbons (Fsp3) is 0.241. The first kappa shape index (κ1) is 25.5. The molecule has 7 heteroatoms. The van der Waals surface area contributed by atoms with E-state index in [1.165, 1.54) is 19.1 Å². The summed E-state index contributed by atoms with van der Waals surface area (Å²) in [5, 5.41) is 3.30. The highest BCUT2D eigenvalue weighted by Crippen LogP contribution is 2.44. The Hall–Kier alpha value is -3.64. The Bertz CT molecular complexity index is 1320. The van der Waals surface area contributed by atoms with Crippen molar-refractivity contribution in [1.29, 1.82) is 0 Å². The van der Waals surface area contributed by atoms with Gasteiger partial charge in [-0.1, -0.05) is 29.8 Å². The highest BCUT2D eigenvalue weighted by atomic mass is 35.5. The lowest BCUT2D eigenvalue weighted by atomic mass is 9.94. The number of anilines is 1. The van der Waals surface area contributed by atoms with Crippen LogP contribution < -0.4 is 10.1 Å². The van der Waals surface area contributed by atoms with Crippen LogP contribution in [0.15, 0.2) is 60.7 Å². The van der Waals surface area contributed by atoms with Crippen molar-refractivity contribution in [2.75, 3.05) is 11.9 Å². The number of hydrogen-bond donors (Lipinski definition) is 1. The standard InChI is InChI=1S/C29H27ClFNO4/c1-3-35-29(34)26-15-20(9-13-27(26)32-18(2)33)23-5-4-6-24(23)25-16-21(30)10-14-28(25)36-17-19-7-11-22(31)12-8-19/h7-16H,3-6,17H2,1-2H3,(H,32,33). The van der Waals surface area contributed by atoms with Gasteiger partial charge in [-0.3, -0.25) is 4.79 Å². The molecule has 1 N–H and O–H groups in total. The Labute approximate surface area is 214 Å². The fourth-order valence-electron chi connectivity index (χ4n) is 4.37. The van der Waals surface area contributed by atoms with Gasteiger partial charge in [-0.2, -0.15) is 0 Å².